The first kappa shape index (κ1) is 66.2. The fraction of sp³-hybridized carbons (Fsp3) is 0.287. The Bertz CT molecular complexity index is 5110. The van der Waals surface area contributed by atoms with Gasteiger partial charge >= 0.3 is 0 Å². The van der Waals surface area contributed by atoms with Crippen LogP contribution in [0.4, 0.5) is 0 Å². The number of hydrogen-bond donors (Lipinski definition) is 0. The average molecular weight is 1310 g/mol. The van der Waals surface area contributed by atoms with Gasteiger partial charge in [-0.2, -0.15) is 0 Å². The van der Waals surface area contributed by atoms with Crippen LogP contribution in [0.5, 0.6) is 0 Å². The SMILES string of the molecule is Cc1cc(-c2ccc(CCCc3ccc4c(c3)CC4)cc2)c2cc(C)cc(-c3ccc(CCCc4ccc5c(c4)CC5)cc3)c2c1.Cc1cc(-c2ccc3c(c2)CC3)c2cc(C)ccc2c1.Cc1cc(CCCc2ccc3c(c2)CC3)c2cc(C)cc(CCCCc3ccc4c(c3)CC4)c2c1. The van der Waals surface area contributed by atoms with Crippen molar-refractivity contribution in [1.29, 1.82) is 0 Å². The van der Waals surface area contributed by atoms with E-state index in [1.165, 1.54) is 265 Å². The normalized spacial score (nSPS) is 13.4. The highest BCUT2D eigenvalue weighted by atomic mass is 14.2. The molecule has 0 spiro atoms. The number of unbranched alkanes of at least 4 members (excludes halogenated alkanes) is 1. The van der Waals surface area contributed by atoms with Crippen LogP contribution in [0.25, 0.3) is 65.7 Å². The van der Waals surface area contributed by atoms with Gasteiger partial charge in [-0.25, -0.2) is 0 Å². The van der Waals surface area contributed by atoms with Crippen molar-refractivity contribution in [2.24, 2.45) is 0 Å². The summed E-state index contributed by atoms with van der Waals surface area (Å²) in [5.74, 6) is 0. The van der Waals surface area contributed by atoms with Crippen molar-refractivity contribution in [3.05, 3.63) is 352 Å². The van der Waals surface area contributed by atoms with E-state index in [9.17, 15) is 0 Å². The summed E-state index contributed by atoms with van der Waals surface area (Å²) in [6.07, 6.45) is 28.1. The van der Waals surface area contributed by atoms with Gasteiger partial charge in [0.05, 0.1) is 0 Å². The molecule has 0 unspecified atom stereocenters. The predicted molar refractivity (Wildman–Crippen MR) is 432 cm³/mol. The maximum Gasteiger partial charge on any atom is -0.00963 e. The van der Waals surface area contributed by atoms with Crippen LogP contribution in [-0.2, 0) is 116 Å². The highest BCUT2D eigenvalue weighted by Gasteiger charge is 2.20. The molecule has 0 atom stereocenters. The molecular formula is C101H100. The summed E-state index contributed by atoms with van der Waals surface area (Å²) in [4.78, 5) is 0. The first-order chi connectivity index (χ1) is 49.4. The molecular weight excluding hydrogens is 1210 g/mol. The highest BCUT2D eigenvalue weighted by Crippen LogP contribution is 2.40. The zero-order chi connectivity index (χ0) is 68.5. The lowest BCUT2D eigenvalue weighted by atomic mass is 9.85. The minimum Gasteiger partial charge on any atom is -0.0588 e. The molecule has 0 N–H and O–H groups in total. The van der Waals surface area contributed by atoms with Crippen LogP contribution in [-0.4, -0.2) is 0 Å². The molecule has 13 aromatic rings. The standard InChI is InChI=1S/C46H44.C35H38.C20H18/c1-31-25-43(39-17-9-33(10-18-39)5-3-7-35-13-15-37-21-23-41(37)29-35)46-28-32(2)26-44(45(46)27-31)40-19-11-34(12-20-40)6-4-8-36-14-16-38-22-24-42(38)30-36;1-24-18-32(8-4-3-6-26-10-12-28-14-16-30(28)22-26)34-20-25(2)19-33(35(34)21-24)9-5-7-27-11-13-29-15-17-31(29)23-27;1-13-3-4-17-9-14(2)11-20(19(17)10-13)18-8-6-15-5-7-16(15)12-18/h9-20,25-30H,3-8,21-24H2,1-2H3;10-13,18-23H,3-9,14-17H2,1-2H3;3-4,6,8-12H,5,7H2,1-2H3. The Morgan fingerprint density at radius 3 is 0.891 bits per heavy atom. The minimum atomic E-state index is 1.12. The zero-order valence-electron chi connectivity index (χ0n) is 61.0. The summed E-state index contributed by atoms with van der Waals surface area (Å²) in [5, 5.41) is 8.38. The second-order valence-electron chi connectivity index (χ2n) is 31.3. The minimum absolute atomic E-state index is 1.12. The third-order valence-corrected chi connectivity index (χ3v) is 23.5. The molecule has 0 amide bonds. The second kappa shape index (κ2) is 29.3. The molecule has 0 saturated carbocycles. The topological polar surface area (TPSA) is 0 Å². The smallest absolute Gasteiger partial charge is 0.00963 e. The van der Waals surface area contributed by atoms with E-state index in [1.54, 1.807) is 50.1 Å². The molecule has 101 heavy (non-hydrogen) atoms. The van der Waals surface area contributed by atoms with Gasteiger partial charge < -0.3 is 0 Å². The maximum atomic E-state index is 2.46. The number of fused-ring (bicyclic) bond motifs is 8. The van der Waals surface area contributed by atoms with E-state index in [4.69, 9.17) is 0 Å². The molecule has 0 radical (unpaired) electrons. The summed E-state index contributed by atoms with van der Waals surface area (Å²) in [5.41, 5.74) is 43.7. The van der Waals surface area contributed by atoms with E-state index in [1.807, 2.05) is 0 Å². The van der Waals surface area contributed by atoms with Gasteiger partial charge in [0.25, 0.3) is 0 Å². The van der Waals surface area contributed by atoms with Crippen LogP contribution in [0, 0.1) is 41.5 Å². The van der Waals surface area contributed by atoms with Crippen molar-refractivity contribution in [3.63, 3.8) is 0 Å². The average Bonchev–Trinajstić information content (AvgIpc) is 0.764. The molecule has 5 aliphatic rings. The van der Waals surface area contributed by atoms with Gasteiger partial charge in [0.1, 0.15) is 0 Å². The van der Waals surface area contributed by atoms with Crippen molar-refractivity contribution in [2.45, 2.75) is 189 Å². The Morgan fingerprint density at radius 2 is 0.485 bits per heavy atom. The van der Waals surface area contributed by atoms with Crippen LogP contribution in [0.15, 0.2) is 218 Å². The van der Waals surface area contributed by atoms with Crippen LogP contribution < -0.4 is 0 Å². The van der Waals surface area contributed by atoms with E-state index in [-0.39, 0.29) is 0 Å². The Hall–Kier alpha value is -9.36. The van der Waals surface area contributed by atoms with Gasteiger partial charge in [0.15, 0.2) is 0 Å². The lowest BCUT2D eigenvalue weighted by Gasteiger charge is -2.20. The van der Waals surface area contributed by atoms with Crippen LogP contribution in [0.3, 0.4) is 0 Å². The van der Waals surface area contributed by atoms with Crippen LogP contribution in [0.2, 0.25) is 0 Å². The lowest BCUT2D eigenvalue weighted by Crippen LogP contribution is -2.08. The fourth-order valence-corrected chi connectivity index (χ4v) is 17.2. The van der Waals surface area contributed by atoms with Crippen LogP contribution >= 0.6 is 0 Å². The monoisotopic (exact) mass is 1310 g/mol. The Balaban J connectivity index is 0.000000126. The molecule has 0 saturated heterocycles. The number of benzene rings is 13. The van der Waals surface area contributed by atoms with Gasteiger partial charge in [-0.15, -0.1) is 0 Å². The Kier molecular flexibility index (Phi) is 19.2. The van der Waals surface area contributed by atoms with Gasteiger partial charge in [-0.05, 0) is 372 Å². The summed E-state index contributed by atoms with van der Waals surface area (Å²) in [6, 6.07) is 84.9. The van der Waals surface area contributed by atoms with Gasteiger partial charge in [0, 0.05) is 0 Å². The quantitative estimate of drug-likeness (QED) is 0.0667. The van der Waals surface area contributed by atoms with Crippen molar-refractivity contribution >= 4 is 32.3 Å². The first-order valence-electron chi connectivity index (χ1n) is 38.7. The molecule has 18 rings (SSSR count). The third kappa shape index (κ3) is 14.9. The first-order valence-corrected chi connectivity index (χ1v) is 38.7. The zero-order valence-corrected chi connectivity index (χ0v) is 61.0. The molecule has 0 aromatic heterocycles. The summed E-state index contributed by atoms with van der Waals surface area (Å²) in [6.45, 7) is 13.4. The maximum absolute atomic E-state index is 2.46. The van der Waals surface area contributed by atoms with E-state index in [2.05, 4.69) is 260 Å². The summed E-state index contributed by atoms with van der Waals surface area (Å²) >= 11 is 0. The molecule has 504 valence electrons. The van der Waals surface area contributed by atoms with Crippen molar-refractivity contribution < 1.29 is 0 Å². The largest absolute Gasteiger partial charge is 0.0588 e. The number of rotatable bonds is 20. The number of hydrogen-bond acceptors (Lipinski definition) is 0. The predicted octanol–water partition coefficient (Wildman–Crippen LogP) is 25.0. The molecule has 0 heterocycles. The highest BCUT2D eigenvalue weighted by molar-refractivity contribution is 6.05. The summed E-state index contributed by atoms with van der Waals surface area (Å²) in [7, 11) is 0. The van der Waals surface area contributed by atoms with Crippen LogP contribution in [0.1, 0.15) is 166 Å². The van der Waals surface area contributed by atoms with E-state index in [0.717, 1.165) is 32.1 Å². The number of aryl methyl sites for hydroxylation is 24. The van der Waals surface area contributed by atoms with Gasteiger partial charge in [-0.3, -0.25) is 0 Å². The van der Waals surface area contributed by atoms with E-state index < -0.39 is 0 Å². The summed E-state index contributed by atoms with van der Waals surface area (Å²) < 4.78 is 0. The Labute approximate surface area is 603 Å². The molecule has 0 aliphatic heterocycles. The molecule has 0 nitrogen and oxygen atoms in total. The fourth-order valence-electron chi connectivity index (χ4n) is 17.2. The van der Waals surface area contributed by atoms with Crippen molar-refractivity contribution in [1.82, 2.24) is 0 Å². The lowest BCUT2D eigenvalue weighted by molar-refractivity contribution is 0.732. The van der Waals surface area contributed by atoms with Gasteiger partial charge in [-0.1, -0.05) is 235 Å². The van der Waals surface area contributed by atoms with E-state index in [0.29, 0.717) is 0 Å². The van der Waals surface area contributed by atoms with Gasteiger partial charge in [0.2, 0.25) is 0 Å². The second-order valence-corrected chi connectivity index (χ2v) is 31.3. The third-order valence-electron chi connectivity index (χ3n) is 23.5. The molecule has 0 heteroatoms. The van der Waals surface area contributed by atoms with E-state index >= 15 is 0 Å². The molecule has 5 aliphatic carbocycles. The van der Waals surface area contributed by atoms with Crippen molar-refractivity contribution in [2.75, 3.05) is 0 Å². The molecule has 13 aromatic carbocycles. The Morgan fingerprint density at radius 1 is 0.188 bits per heavy atom. The molecule has 0 bridgehead atoms. The van der Waals surface area contributed by atoms with Crippen molar-refractivity contribution in [3.8, 4) is 33.4 Å². The molecule has 0 fully saturated rings.